The van der Waals surface area contributed by atoms with E-state index >= 15 is 0 Å². The van der Waals surface area contributed by atoms with E-state index in [-0.39, 0.29) is 0 Å². The summed E-state index contributed by atoms with van der Waals surface area (Å²) in [5.74, 6) is 2.09. The Bertz CT molecular complexity index is 405. The molecule has 1 N–H and O–H groups in total. The van der Waals surface area contributed by atoms with Gasteiger partial charge in [0.05, 0.1) is 0 Å². The molecule has 2 atom stereocenters. The number of aromatic nitrogens is 1. The summed E-state index contributed by atoms with van der Waals surface area (Å²) in [6.07, 6.45) is 7.22. The SMILES string of the molecule is CCNC(C)c1cccnc1N1CCCC(CC)CC1. The molecule has 1 fully saturated rings. The Labute approximate surface area is 123 Å². The molecule has 0 aliphatic carbocycles. The molecule has 20 heavy (non-hydrogen) atoms. The van der Waals surface area contributed by atoms with Gasteiger partial charge in [-0.1, -0.05) is 26.3 Å². The van der Waals surface area contributed by atoms with E-state index in [1.165, 1.54) is 37.1 Å². The lowest BCUT2D eigenvalue weighted by Crippen LogP contribution is -2.28. The van der Waals surface area contributed by atoms with Crippen LogP contribution in [0, 0.1) is 5.92 Å². The molecule has 1 aromatic rings. The second-order valence-electron chi connectivity index (χ2n) is 5.89. The number of rotatable bonds is 5. The molecule has 0 amide bonds. The van der Waals surface area contributed by atoms with Crippen LogP contribution in [0.5, 0.6) is 0 Å². The fraction of sp³-hybridized carbons (Fsp3) is 0.706. The largest absolute Gasteiger partial charge is 0.356 e. The normalized spacial score (nSPS) is 21.6. The first-order chi connectivity index (χ1) is 9.76. The van der Waals surface area contributed by atoms with Crippen LogP contribution < -0.4 is 10.2 Å². The van der Waals surface area contributed by atoms with Gasteiger partial charge in [0, 0.05) is 30.9 Å². The minimum atomic E-state index is 0.369. The van der Waals surface area contributed by atoms with Crippen molar-refractivity contribution in [3.63, 3.8) is 0 Å². The van der Waals surface area contributed by atoms with Crippen molar-refractivity contribution >= 4 is 5.82 Å². The maximum Gasteiger partial charge on any atom is 0.133 e. The molecule has 2 unspecified atom stereocenters. The Hall–Kier alpha value is -1.09. The highest BCUT2D eigenvalue weighted by molar-refractivity contribution is 5.48. The van der Waals surface area contributed by atoms with Crippen molar-refractivity contribution in [2.75, 3.05) is 24.5 Å². The average Bonchev–Trinajstić information content (AvgIpc) is 2.73. The summed E-state index contributed by atoms with van der Waals surface area (Å²) in [4.78, 5) is 7.18. The number of pyridine rings is 1. The van der Waals surface area contributed by atoms with Gasteiger partial charge < -0.3 is 10.2 Å². The maximum absolute atomic E-state index is 4.68. The first-order valence-corrected chi connectivity index (χ1v) is 8.19. The van der Waals surface area contributed by atoms with Crippen LogP contribution in [0.3, 0.4) is 0 Å². The van der Waals surface area contributed by atoms with Gasteiger partial charge in [-0.05, 0) is 44.7 Å². The third-order valence-electron chi connectivity index (χ3n) is 4.52. The fourth-order valence-corrected chi connectivity index (χ4v) is 3.21. The monoisotopic (exact) mass is 275 g/mol. The van der Waals surface area contributed by atoms with E-state index in [1.54, 1.807) is 0 Å². The van der Waals surface area contributed by atoms with Gasteiger partial charge in [0.2, 0.25) is 0 Å². The zero-order valence-electron chi connectivity index (χ0n) is 13.2. The zero-order valence-corrected chi connectivity index (χ0v) is 13.2. The Morgan fingerprint density at radius 2 is 2.20 bits per heavy atom. The van der Waals surface area contributed by atoms with E-state index in [0.717, 1.165) is 25.6 Å². The summed E-state index contributed by atoms with van der Waals surface area (Å²) in [5, 5.41) is 3.51. The highest BCUT2D eigenvalue weighted by Gasteiger charge is 2.20. The molecular weight excluding hydrogens is 246 g/mol. The molecule has 1 saturated heterocycles. The molecule has 0 bridgehead atoms. The molecule has 0 aromatic carbocycles. The van der Waals surface area contributed by atoms with E-state index in [9.17, 15) is 0 Å². The van der Waals surface area contributed by atoms with Gasteiger partial charge in [-0.3, -0.25) is 0 Å². The van der Waals surface area contributed by atoms with Crippen molar-refractivity contribution in [2.45, 2.75) is 52.5 Å². The van der Waals surface area contributed by atoms with E-state index < -0.39 is 0 Å². The molecule has 112 valence electrons. The number of nitrogens with one attached hydrogen (secondary N) is 1. The molecule has 0 saturated carbocycles. The highest BCUT2D eigenvalue weighted by Crippen LogP contribution is 2.28. The third-order valence-corrected chi connectivity index (χ3v) is 4.52. The lowest BCUT2D eigenvalue weighted by molar-refractivity contribution is 0.459. The highest BCUT2D eigenvalue weighted by atomic mass is 15.2. The van der Waals surface area contributed by atoms with Crippen LogP contribution >= 0.6 is 0 Å². The van der Waals surface area contributed by atoms with Crippen LogP contribution in [-0.4, -0.2) is 24.6 Å². The van der Waals surface area contributed by atoms with E-state index in [0.29, 0.717) is 6.04 Å². The summed E-state index contributed by atoms with van der Waals surface area (Å²) >= 11 is 0. The van der Waals surface area contributed by atoms with Crippen molar-refractivity contribution < 1.29 is 0 Å². The van der Waals surface area contributed by atoms with Gasteiger partial charge in [-0.25, -0.2) is 4.98 Å². The summed E-state index contributed by atoms with van der Waals surface area (Å²) in [5.41, 5.74) is 1.34. The van der Waals surface area contributed by atoms with Crippen molar-refractivity contribution in [2.24, 2.45) is 5.92 Å². The van der Waals surface area contributed by atoms with Crippen LogP contribution in [0.4, 0.5) is 5.82 Å². The van der Waals surface area contributed by atoms with Gasteiger partial charge in [0.1, 0.15) is 5.82 Å². The Balaban J connectivity index is 2.15. The summed E-state index contributed by atoms with van der Waals surface area (Å²) in [7, 11) is 0. The molecule has 0 spiro atoms. The second-order valence-corrected chi connectivity index (χ2v) is 5.89. The fourth-order valence-electron chi connectivity index (χ4n) is 3.21. The van der Waals surface area contributed by atoms with Gasteiger partial charge in [0.15, 0.2) is 0 Å². The lowest BCUT2D eigenvalue weighted by atomic mass is 9.98. The number of hydrogen-bond donors (Lipinski definition) is 1. The summed E-state index contributed by atoms with van der Waals surface area (Å²) in [6.45, 7) is 10.0. The molecule has 1 aliphatic rings. The lowest BCUT2D eigenvalue weighted by Gasteiger charge is -2.26. The van der Waals surface area contributed by atoms with Gasteiger partial charge in [0.25, 0.3) is 0 Å². The van der Waals surface area contributed by atoms with E-state index in [4.69, 9.17) is 0 Å². The van der Waals surface area contributed by atoms with Crippen molar-refractivity contribution in [1.82, 2.24) is 10.3 Å². The first-order valence-electron chi connectivity index (χ1n) is 8.19. The quantitative estimate of drug-likeness (QED) is 0.886. The predicted molar refractivity (Wildman–Crippen MR) is 86.2 cm³/mol. The van der Waals surface area contributed by atoms with Crippen LogP contribution in [-0.2, 0) is 0 Å². The molecule has 3 heteroatoms. The van der Waals surface area contributed by atoms with Crippen molar-refractivity contribution in [3.05, 3.63) is 23.9 Å². The van der Waals surface area contributed by atoms with Gasteiger partial charge >= 0.3 is 0 Å². The number of anilines is 1. The Kier molecular flexibility index (Phi) is 5.84. The number of nitrogens with zero attached hydrogens (tertiary/aromatic N) is 2. The molecule has 1 aliphatic heterocycles. The van der Waals surface area contributed by atoms with Crippen LogP contribution in [0.15, 0.2) is 18.3 Å². The van der Waals surface area contributed by atoms with Gasteiger partial charge in [-0.2, -0.15) is 0 Å². The second kappa shape index (κ2) is 7.63. The predicted octanol–water partition coefficient (Wildman–Crippen LogP) is 3.77. The molecular formula is C17H29N3. The van der Waals surface area contributed by atoms with Crippen LogP contribution in [0.25, 0.3) is 0 Å². The molecule has 0 radical (unpaired) electrons. The molecule has 2 rings (SSSR count). The molecule has 3 nitrogen and oxygen atoms in total. The van der Waals surface area contributed by atoms with E-state index in [2.05, 4.69) is 48.1 Å². The molecule has 2 heterocycles. The van der Waals surface area contributed by atoms with E-state index in [1.807, 2.05) is 6.20 Å². The van der Waals surface area contributed by atoms with Gasteiger partial charge in [-0.15, -0.1) is 0 Å². The molecule has 1 aromatic heterocycles. The van der Waals surface area contributed by atoms with Crippen LogP contribution in [0.2, 0.25) is 0 Å². The third kappa shape index (κ3) is 3.72. The zero-order chi connectivity index (χ0) is 14.4. The Morgan fingerprint density at radius 3 is 2.95 bits per heavy atom. The maximum atomic E-state index is 4.68. The Morgan fingerprint density at radius 1 is 1.35 bits per heavy atom. The standard InChI is InChI=1S/C17H29N3/c1-4-15-8-7-12-20(13-10-15)17-16(9-6-11-19-17)14(3)18-5-2/h6,9,11,14-15,18H,4-5,7-8,10,12-13H2,1-3H3. The minimum Gasteiger partial charge on any atom is -0.356 e. The minimum absolute atomic E-state index is 0.369. The van der Waals surface area contributed by atoms with Crippen molar-refractivity contribution in [3.8, 4) is 0 Å². The summed E-state index contributed by atoms with van der Waals surface area (Å²) in [6, 6.07) is 4.64. The van der Waals surface area contributed by atoms with Crippen molar-refractivity contribution in [1.29, 1.82) is 0 Å². The summed E-state index contributed by atoms with van der Waals surface area (Å²) < 4.78 is 0. The average molecular weight is 275 g/mol. The topological polar surface area (TPSA) is 28.2 Å². The van der Waals surface area contributed by atoms with Crippen LogP contribution in [0.1, 0.15) is 58.1 Å². The number of hydrogen-bond acceptors (Lipinski definition) is 3. The first kappa shape index (κ1) is 15.3. The smallest absolute Gasteiger partial charge is 0.133 e.